The Morgan fingerprint density at radius 2 is 1.93 bits per heavy atom. The lowest BCUT2D eigenvalue weighted by Crippen LogP contribution is -2.08. The molecule has 1 aliphatic heterocycles. The molecule has 3 nitrogen and oxygen atoms in total. The van der Waals surface area contributed by atoms with Crippen LogP contribution in [0, 0.1) is 0 Å². The maximum absolute atomic E-state index is 6.02. The first-order valence-corrected chi connectivity index (χ1v) is 6.73. The SMILES string of the molecule is Nc1nc(C2CC2)nc2c1CCSCC2. The molecule has 1 aromatic heterocycles. The molecule has 2 aliphatic rings. The summed E-state index contributed by atoms with van der Waals surface area (Å²) in [6.45, 7) is 0. The second-order valence-electron chi connectivity index (χ2n) is 4.28. The summed E-state index contributed by atoms with van der Waals surface area (Å²) in [5.74, 6) is 4.67. The number of hydrogen-bond donors (Lipinski definition) is 1. The summed E-state index contributed by atoms with van der Waals surface area (Å²) in [6, 6.07) is 0. The molecule has 0 aromatic carbocycles. The number of anilines is 1. The molecule has 2 N–H and O–H groups in total. The molecule has 3 rings (SSSR count). The molecule has 1 fully saturated rings. The van der Waals surface area contributed by atoms with Crippen LogP contribution < -0.4 is 5.73 Å². The standard InChI is InChI=1S/C11H15N3S/c12-10-8-3-5-15-6-4-9(8)13-11(14-10)7-1-2-7/h7H,1-6H2,(H2,12,13,14). The molecular weight excluding hydrogens is 206 g/mol. The number of fused-ring (bicyclic) bond motifs is 1. The number of nitrogens with two attached hydrogens (primary N) is 1. The van der Waals surface area contributed by atoms with Gasteiger partial charge < -0.3 is 5.73 Å². The molecule has 2 heterocycles. The van der Waals surface area contributed by atoms with Gasteiger partial charge in [-0.15, -0.1) is 0 Å². The van der Waals surface area contributed by atoms with Crippen LogP contribution in [0.1, 0.15) is 35.8 Å². The predicted octanol–water partition coefficient (Wildman–Crippen LogP) is 1.77. The minimum atomic E-state index is 0.605. The van der Waals surface area contributed by atoms with Crippen LogP contribution in [0.15, 0.2) is 0 Å². The minimum absolute atomic E-state index is 0.605. The Morgan fingerprint density at radius 1 is 1.13 bits per heavy atom. The van der Waals surface area contributed by atoms with Crippen molar-refractivity contribution in [2.24, 2.45) is 0 Å². The van der Waals surface area contributed by atoms with Crippen LogP contribution in [0.2, 0.25) is 0 Å². The number of thioether (sulfide) groups is 1. The van der Waals surface area contributed by atoms with E-state index in [1.165, 1.54) is 29.9 Å². The zero-order chi connectivity index (χ0) is 10.3. The molecule has 1 saturated carbocycles. The van der Waals surface area contributed by atoms with E-state index in [4.69, 9.17) is 10.7 Å². The zero-order valence-corrected chi connectivity index (χ0v) is 9.52. The second-order valence-corrected chi connectivity index (χ2v) is 5.50. The molecule has 0 bridgehead atoms. The van der Waals surface area contributed by atoms with Crippen LogP contribution in [-0.4, -0.2) is 21.5 Å². The summed E-state index contributed by atoms with van der Waals surface area (Å²) >= 11 is 1.99. The second kappa shape index (κ2) is 3.67. The van der Waals surface area contributed by atoms with E-state index < -0.39 is 0 Å². The molecule has 4 heteroatoms. The van der Waals surface area contributed by atoms with E-state index in [-0.39, 0.29) is 0 Å². The molecule has 15 heavy (non-hydrogen) atoms. The summed E-state index contributed by atoms with van der Waals surface area (Å²) in [5.41, 5.74) is 8.45. The maximum atomic E-state index is 6.02. The molecule has 1 aromatic rings. The van der Waals surface area contributed by atoms with Gasteiger partial charge in [-0.3, -0.25) is 0 Å². The highest BCUT2D eigenvalue weighted by Crippen LogP contribution is 2.39. The zero-order valence-electron chi connectivity index (χ0n) is 8.70. The lowest BCUT2D eigenvalue weighted by Gasteiger charge is -2.09. The van der Waals surface area contributed by atoms with Gasteiger partial charge in [0.05, 0.1) is 5.69 Å². The number of hydrogen-bond acceptors (Lipinski definition) is 4. The van der Waals surface area contributed by atoms with Crippen molar-refractivity contribution in [3.8, 4) is 0 Å². The van der Waals surface area contributed by atoms with Gasteiger partial charge in [-0.25, -0.2) is 9.97 Å². The summed E-state index contributed by atoms with van der Waals surface area (Å²) < 4.78 is 0. The monoisotopic (exact) mass is 221 g/mol. The van der Waals surface area contributed by atoms with Crippen LogP contribution in [0.4, 0.5) is 5.82 Å². The first-order chi connectivity index (χ1) is 7.34. The Balaban J connectivity index is 2.03. The van der Waals surface area contributed by atoms with E-state index in [1.807, 2.05) is 11.8 Å². The maximum Gasteiger partial charge on any atom is 0.134 e. The Labute approximate surface area is 93.9 Å². The minimum Gasteiger partial charge on any atom is -0.383 e. The van der Waals surface area contributed by atoms with Crippen molar-refractivity contribution < 1.29 is 0 Å². The molecule has 0 atom stereocenters. The third-order valence-corrected chi connectivity index (χ3v) is 4.05. The van der Waals surface area contributed by atoms with Gasteiger partial charge in [-0.2, -0.15) is 11.8 Å². The molecular formula is C11H15N3S. The van der Waals surface area contributed by atoms with Crippen molar-refractivity contribution >= 4 is 17.6 Å². The molecule has 0 unspecified atom stereocenters. The molecule has 1 aliphatic carbocycles. The average Bonchev–Trinajstić information content (AvgIpc) is 3.04. The summed E-state index contributed by atoms with van der Waals surface area (Å²) in [6.07, 6.45) is 4.59. The van der Waals surface area contributed by atoms with Crippen LogP contribution in [0.25, 0.3) is 0 Å². The number of nitrogens with zero attached hydrogens (tertiary/aromatic N) is 2. The number of nitrogen functional groups attached to an aromatic ring is 1. The van der Waals surface area contributed by atoms with Gasteiger partial charge in [0.25, 0.3) is 0 Å². The molecule has 80 valence electrons. The molecule has 0 spiro atoms. The third kappa shape index (κ3) is 1.83. The first kappa shape index (κ1) is 9.46. The van der Waals surface area contributed by atoms with Crippen LogP contribution in [-0.2, 0) is 12.8 Å². The summed E-state index contributed by atoms with van der Waals surface area (Å²) in [7, 11) is 0. The normalized spacial score (nSPS) is 20.8. The third-order valence-electron chi connectivity index (χ3n) is 3.06. The largest absolute Gasteiger partial charge is 0.383 e. The molecule has 0 radical (unpaired) electrons. The van der Waals surface area contributed by atoms with E-state index in [0.29, 0.717) is 5.92 Å². The Hall–Kier alpha value is -0.770. The number of aromatic nitrogens is 2. The van der Waals surface area contributed by atoms with Gasteiger partial charge in [-0.05, 0) is 37.2 Å². The summed E-state index contributed by atoms with van der Waals surface area (Å²) in [4.78, 5) is 9.14. The van der Waals surface area contributed by atoms with E-state index in [0.717, 1.165) is 30.2 Å². The van der Waals surface area contributed by atoms with Gasteiger partial charge in [0.2, 0.25) is 0 Å². The van der Waals surface area contributed by atoms with Crippen LogP contribution in [0.3, 0.4) is 0 Å². The fourth-order valence-corrected chi connectivity index (χ4v) is 2.91. The summed E-state index contributed by atoms with van der Waals surface area (Å²) in [5, 5.41) is 0. The van der Waals surface area contributed by atoms with Gasteiger partial charge >= 0.3 is 0 Å². The smallest absolute Gasteiger partial charge is 0.134 e. The average molecular weight is 221 g/mol. The topological polar surface area (TPSA) is 51.8 Å². The van der Waals surface area contributed by atoms with Gasteiger partial charge in [0.15, 0.2) is 0 Å². The Kier molecular flexibility index (Phi) is 2.31. The van der Waals surface area contributed by atoms with Crippen molar-refractivity contribution in [2.45, 2.75) is 31.6 Å². The van der Waals surface area contributed by atoms with E-state index in [2.05, 4.69) is 4.98 Å². The van der Waals surface area contributed by atoms with E-state index in [1.54, 1.807) is 0 Å². The van der Waals surface area contributed by atoms with Crippen LogP contribution in [0.5, 0.6) is 0 Å². The van der Waals surface area contributed by atoms with Crippen molar-refractivity contribution in [3.63, 3.8) is 0 Å². The van der Waals surface area contributed by atoms with Gasteiger partial charge in [0.1, 0.15) is 11.6 Å². The van der Waals surface area contributed by atoms with Crippen molar-refractivity contribution in [2.75, 3.05) is 17.2 Å². The lowest BCUT2D eigenvalue weighted by atomic mass is 10.1. The Bertz CT molecular complexity index is 388. The van der Waals surface area contributed by atoms with Gasteiger partial charge in [0, 0.05) is 11.5 Å². The highest BCUT2D eigenvalue weighted by Gasteiger charge is 2.28. The fourth-order valence-electron chi connectivity index (χ4n) is 2.02. The predicted molar refractivity (Wildman–Crippen MR) is 63.2 cm³/mol. The van der Waals surface area contributed by atoms with Gasteiger partial charge in [-0.1, -0.05) is 0 Å². The van der Waals surface area contributed by atoms with E-state index in [9.17, 15) is 0 Å². The number of aryl methyl sites for hydroxylation is 1. The van der Waals surface area contributed by atoms with Crippen molar-refractivity contribution in [1.29, 1.82) is 0 Å². The highest BCUT2D eigenvalue weighted by atomic mass is 32.2. The first-order valence-electron chi connectivity index (χ1n) is 5.57. The highest BCUT2D eigenvalue weighted by molar-refractivity contribution is 7.99. The quantitative estimate of drug-likeness (QED) is 0.785. The number of rotatable bonds is 1. The van der Waals surface area contributed by atoms with Crippen molar-refractivity contribution in [1.82, 2.24) is 9.97 Å². The molecule has 0 saturated heterocycles. The van der Waals surface area contributed by atoms with E-state index >= 15 is 0 Å². The fraction of sp³-hybridized carbons (Fsp3) is 0.636. The lowest BCUT2D eigenvalue weighted by molar-refractivity contribution is 0.864. The Morgan fingerprint density at radius 3 is 2.73 bits per heavy atom. The van der Waals surface area contributed by atoms with Crippen molar-refractivity contribution in [3.05, 3.63) is 17.1 Å². The molecule has 0 amide bonds. The van der Waals surface area contributed by atoms with Crippen LogP contribution >= 0.6 is 11.8 Å².